The molecule has 0 amide bonds. The standard InChI is InChI=1S/C5H10BNOP/c1-5(2-3-8)4-6-9-7/h3,5,7H,2,4H2,1H3. The molecule has 0 fully saturated rings. The number of hydrogen-bond donors (Lipinski definition) is 1. The molecule has 9 heavy (non-hydrogen) atoms. The highest BCUT2D eigenvalue weighted by molar-refractivity contribution is 7.61. The van der Waals surface area contributed by atoms with Crippen LogP contribution < -0.4 is 0 Å². The molecule has 1 atom stereocenters. The van der Waals surface area contributed by atoms with Crippen LogP contribution in [0.5, 0.6) is 0 Å². The maximum Gasteiger partial charge on any atom is 0.209 e. The zero-order valence-corrected chi connectivity index (χ0v) is 6.40. The molecule has 0 saturated carbocycles. The number of hydrogen-bond acceptors (Lipinski definition) is 2. The molecule has 0 aliphatic heterocycles. The molecule has 0 spiro atoms. The Kier molecular flexibility index (Phi) is 5.85. The predicted octanol–water partition coefficient (Wildman–Crippen LogP) is 1.96. The van der Waals surface area contributed by atoms with E-state index in [0.717, 1.165) is 12.6 Å². The van der Waals surface area contributed by atoms with Crippen LogP contribution in [0.1, 0.15) is 13.3 Å². The van der Waals surface area contributed by atoms with Gasteiger partial charge in [-0.05, 0) is 5.92 Å². The third-order valence-electron chi connectivity index (χ3n) is 1.10. The molecule has 0 aromatic carbocycles. The first-order valence-corrected chi connectivity index (χ1v) is 3.89. The van der Waals surface area contributed by atoms with Crippen molar-refractivity contribution in [3.05, 3.63) is 0 Å². The fraction of sp³-hybridized carbons (Fsp3) is 0.800. The Morgan fingerprint density at radius 1 is 1.89 bits per heavy atom. The van der Waals surface area contributed by atoms with Gasteiger partial charge in [0, 0.05) is 6.42 Å². The summed E-state index contributed by atoms with van der Waals surface area (Å²) in [5, 5.41) is 6.76. The van der Waals surface area contributed by atoms with Gasteiger partial charge in [0.1, 0.15) is 6.29 Å². The van der Waals surface area contributed by atoms with Crippen molar-refractivity contribution in [2.45, 2.75) is 19.7 Å². The fourth-order valence-corrected chi connectivity index (χ4v) is 0.958. The molecule has 4 heteroatoms. The van der Waals surface area contributed by atoms with Crippen LogP contribution in [0.2, 0.25) is 6.32 Å². The first-order valence-electron chi connectivity index (χ1n) is 2.93. The topological polar surface area (TPSA) is 40.9 Å². The van der Waals surface area contributed by atoms with Gasteiger partial charge in [-0.3, -0.25) is 5.16 Å². The Bertz CT molecular complexity index is 99.0. The summed E-state index contributed by atoms with van der Waals surface area (Å²) in [6, 6.07) is 0. The van der Waals surface area contributed by atoms with Crippen LogP contribution >= 0.6 is 8.25 Å². The maximum atomic E-state index is 9.92. The van der Waals surface area contributed by atoms with E-state index in [1.807, 2.05) is 13.9 Å². The van der Waals surface area contributed by atoms with Crippen molar-refractivity contribution >= 4 is 21.5 Å². The Morgan fingerprint density at radius 3 is 3.00 bits per heavy atom. The molecule has 0 aliphatic rings. The Hall–Kier alpha value is -0.165. The molecule has 0 aliphatic carbocycles. The van der Waals surface area contributed by atoms with Crippen LogP contribution in [0.3, 0.4) is 0 Å². The normalized spacial score (nSPS) is 13.0. The van der Waals surface area contributed by atoms with E-state index in [4.69, 9.17) is 5.16 Å². The van der Waals surface area contributed by atoms with Crippen molar-refractivity contribution in [1.82, 2.24) is 0 Å². The van der Waals surface area contributed by atoms with Crippen LogP contribution in [0.4, 0.5) is 0 Å². The summed E-state index contributed by atoms with van der Waals surface area (Å²) >= 11 is 0. The van der Waals surface area contributed by atoms with E-state index in [1.165, 1.54) is 0 Å². The summed E-state index contributed by atoms with van der Waals surface area (Å²) < 4.78 is 0. The molecule has 1 unspecified atom stereocenters. The zero-order chi connectivity index (χ0) is 7.11. The molecule has 49 valence electrons. The summed E-state index contributed by atoms with van der Waals surface area (Å²) in [5.41, 5.74) is 0. The monoisotopic (exact) mass is 142 g/mol. The van der Waals surface area contributed by atoms with E-state index < -0.39 is 0 Å². The molecule has 1 N–H and O–H groups in total. The second-order valence-corrected chi connectivity index (χ2v) is 2.68. The van der Waals surface area contributed by atoms with E-state index >= 15 is 0 Å². The van der Waals surface area contributed by atoms with E-state index in [2.05, 4.69) is 0 Å². The van der Waals surface area contributed by atoms with Crippen molar-refractivity contribution in [1.29, 1.82) is 5.16 Å². The highest BCUT2D eigenvalue weighted by Crippen LogP contribution is 2.08. The summed E-state index contributed by atoms with van der Waals surface area (Å²) in [6.45, 7) is 3.87. The fourth-order valence-electron chi connectivity index (χ4n) is 0.493. The van der Waals surface area contributed by atoms with Crippen molar-refractivity contribution in [3.63, 3.8) is 0 Å². The van der Waals surface area contributed by atoms with Crippen molar-refractivity contribution < 1.29 is 4.79 Å². The molecule has 0 aromatic rings. The first-order chi connectivity index (χ1) is 4.31. The van der Waals surface area contributed by atoms with Crippen LogP contribution in [0, 0.1) is 11.1 Å². The van der Waals surface area contributed by atoms with Crippen LogP contribution in [0.25, 0.3) is 0 Å². The molecule has 0 bridgehead atoms. The Balaban J connectivity index is 3.14. The smallest absolute Gasteiger partial charge is 0.209 e. The van der Waals surface area contributed by atoms with Crippen LogP contribution in [0.15, 0.2) is 0 Å². The van der Waals surface area contributed by atoms with Gasteiger partial charge in [-0.15, -0.1) is 0 Å². The van der Waals surface area contributed by atoms with Crippen molar-refractivity contribution in [2.24, 2.45) is 5.92 Å². The quantitative estimate of drug-likeness (QED) is 0.355. The third kappa shape index (κ3) is 5.71. The lowest BCUT2D eigenvalue weighted by Crippen LogP contribution is -1.95. The van der Waals surface area contributed by atoms with Gasteiger partial charge in [0.05, 0.1) is 0 Å². The predicted molar refractivity (Wildman–Crippen MR) is 40.0 cm³/mol. The van der Waals surface area contributed by atoms with Gasteiger partial charge < -0.3 is 4.79 Å². The van der Waals surface area contributed by atoms with Crippen LogP contribution in [-0.2, 0) is 4.79 Å². The van der Waals surface area contributed by atoms with Gasteiger partial charge in [-0.25, -0.2) is 0 Å². The van der Waals surface area contributed by atoms with Gasteiger partial charge >= 0.3 is 0 Å². The highest BCUT2D eigenvalue weighted by atomic mass is 31.1. The maximum absolute atomic E-state index is 9.92. The van der Waals surface area contributed by atoms with Gasteiger partial charge in [0.25, 0.3) is 0 Å². The molecule has 0 saturated heterocycles. The van der Waals surface area contributed by atoms with Crippen molar-refractivity contribution in [2.75, 3.05) is 0 Å². The molecule has 1 radical (unpaired) electrons. The van der Waals surface area contributed by atoms with Gasteiger partial charge in [-0.1, -0.05) is 21.5 Å². The third-order valence-corrected chi connectivity index (χ3v) is 1.49. The minimum atomic E-state index is 0.417. The summed E-state index contributed by atoms with van der Waals surface area (Å²) in [4.78, 5) is 9.92. The molecular formula is C5H10BNOP. The lowest BCUT2D eigenvalue weighted by molar-refractivity contribution is -0.108. The summed E-state index contributed by atoms with van der Waals surface area (Å²) in [7, 11) is 0.564. The minimum absolute atomic E-state index is 0.417. The molecule has 0 rings (SSSR count). The number of rotatable bonds is 5. The average molecular weight is 142 g/mol. The molecular weight excluding hydrogens is 132 g/mol. The van der Waals surface area contributed by atoms with Gasteiger partial charge in [-0.2, -0.15) is 0 Å². The molecule has 0 heterocycles. The SMILES string of the molecule is CC(C[B]P=N)CC=O. The summed E-state index contributed by atoms with van der Waals surface area (Å²) in [5.74, 6) is 0.417. The number of aldehydes is 1. The molecule has 0 aromatic heterocycles. The first kappa shape index (κ1) is 8.83. The lowest BCUT2D eigenvalue weighted by atomic mass is 9.89. The van der Waals surface area contributed by atoms with E-state index in [-0.39, 0.29) is 0 Å². The van der Waals surface area contributed by atoms with Gasteiger partial charge in [0.15, 0.2) is 0 Å². The lowest BCUT2D eigenvalue weighted by Gasteiger charge is -2.00. The average Bonchev–Trinajstić information content (AvgIpc) is 1.85. The van der Waals surface area contributed by atoms with E-state index in [9.17, 15) is 4.79 Å². The Morgan fingerprint density at radius 2 is 2.56 bits per heavy atom. The highest BCUT2D eigenvalue weighted by Gasteiger charge is 1.99. The van der Waals surface area contributed by atoms with E-state index in [0.29, 0.717) is 20.6 Å². The second-order valence-electron chi connectivity index (χ2n) is 2.05. The zero-order valence-electron chi connectivity index (χ0n) is 5.50. The van der Waals surface area contributed by atoms with E-state index in [1.54, 1.807) is 0 Å². The minimum Gasteiger partial charge on any atom is -0.303 e. The summed E-state index contributed by atoms with van der Waals surface area (Å²) in [6.07, 6.45) is 2.43. The molecule has 2 nitrogen and oxygen atoms in total. The second kappa shape index (κ2) is 5.96. The van der Waals surface area contributed by atoms with Crippen LogP contribution in [-0.4, -0.2) is 13.3 Å². The Labute approximate surface area is 57.9 Å². The number of nitrogens with one attached hydrogen (secondary N) is 1. The number of carbonyl (C=O) groups is 1. The number of carbonyl (C=O) groups excluding carboxylic acids is 1. The van der Waals surface area contributed by atoms with Gasteiger partial charge in [0.2, 0.25) is 7.00 Å². The largest absolute Gasteiger partial charge is 0.303 e. The van der Waals surface area contributed by atoms with Crippen molar-refractivity contribution in [3.8, 4) is 0 Å².